The molecule has 2 rings (SSSR count). The van der Waals surface area contributed by atoms with Crippen molar-refractivity contribution >= 4 is 17.8 Å². The zero-order valence-corrected chi connectivity index (χ0v) is 11.9. The van der Waals surface area contributed by atoms with Crippen molar-refractivity contribution in [2.24, 2.45) is 5.84 Å². The van der Waals surface area contributed by atoms with Crippen LogP contribution in [0.5, 0.6) is 0 Å². The van der Waals surface area contributed by atoms with Gasteiger partial charge in [0.25, 0.3) is 0 Å². The predicted octanol–water partition coefficient (Wildman–Crippen LogP) is -1.19. The van der Waals surface area contributed by atoms with E-state index >= 15 is 0 Å². The number of ether oxygens (including phenoxy) is 1. The lowest BCUT2D eigenvalue weighted by atomic mass is 10.2. The highest BCUT2D eigenvalue weighted by Crippen LogP contribution is 2.19. The van der Waals surface area contributed by atoms with Crippen LogP contribution in [0.25, 0.3) is 0 Å². The van der Waals surface area contributed by atoms with Crippen LogP contribution in [0.15, 0.2) is 0 Å². The number of hydrazine groups is 1. The van der Waals surface area contributed by atoms with Crippen LogP contribution in [0.2, 0.25) is 0 Å². The molecule has 9 heteroatoms. The second-order valence-electron chi connectivity index (χ2n) is 4.95. The topological polar surface area (TPSA) is 113 Å². The van der Waals surface area contributed by atoms with E-state index < -0.39 is 0 Å². The normalized spacial score (nSPS) is 22.8. The van der Waals surface area contributed by atoms with Gasteiger partial charge in [0, 0.05) is 27.2 Å². The monoisotopic (exact) mass is 283 g/mol. The molecule has 1 saturated heterocycles. The summed E-state index contributed by atoms with van der Waals surface area (Å²) in [6, 6.07) is 0. The van der Waals surface area contributed by atoms with Gasteiger partial charge in [-0.2, -0.15) is 15.0 Å². The molecule has 0 aliphatic carbocycles. The highest BCUT2D eigenvalue weighted by molar-refractivity contribution is 5.44. The third kappa shape index (κ3) is 3.24. The Morgan fingerprint density at radius 3 is 2.75 bits per heavy atom. The number of aliphatic hydroxyl groups is 1. The summed E-state index contributed by atoms with van der Waals surface area (Å²) in [4.78, 5) is 16.6. The molecule has 112 valence electrons. The van der Waals surface area contributed by atoms with Gasteiger partial charge < -0.3 is 19.6 Å². The van der Waals surface area contributed by atoms with Crippen LogP contribution < -0.4 is 21.1 Å². The summed E-state index contributed by atoms with van der Waals surface area (Å²) in [7, 11) is 3.69. The van der Waals surface area contributed by atoms with E-state index in [4.69, 9.17) is 10.6 Å². The molecule has 0 radical (unpaired) electrons. The first kappa shape index (κ1) is 14.7. The molecule has 1 aromatic rings. The Bertz CT molecular complexity index is 456. The second kappa shape index (κ2) is 6.16. The molecule has 0 saturated carbocycles. The Kier molecular flexibility index (Phi) is 4.53. The number of aliphatic hydroxyl groups excluding tert-OH is 1. The van der Waals surface area contributed by atoms with Crippen molar-refractivity contribution in [1.82, 2.24) is 15.0 Å². The smallest absolute Gasteiger partial charge is 0.243 e. The van der Waals surface area contributed by atoms with Crippen LogP contribution in [-0.2, 0) is 4.74 Å². The van der Waals surface area contributed by atoms with Gasteiger partial charge in [0.15, 0.2) is 0 Å². The Labute approximate surface area is 117 Å². The van der Waals surface area contributed by atoms with Gasteiger partial charge in [0.05, 0.1) is 18.8 Å². The molecule has 0 aromatic carbocycles. The molecule has 0 amide bonds. The number of morpholine rings is 1. The zero-order chi connectivity index (χ0) is 14.7. The molecule has 9 nitrogen and oxygen atoms in total. The number of nitrogen functional groups attached to an aromatic ring is 1. The van der Waals surface area contributed by atoms with Gasteiger partial charge in [-0.05, 0) is 6.92 Å². The lowest BCUT2D eigenvalue weighted by molar-refractivity contribution is -0.0425. The quantitative estimate of drug-likeness (QED) is 0.463. The van der Waals surface area contributed by atoms with Crippen molar-refractivity contribution in [2.75, 3.05) is 49.0 Å². The summed E-state index contributed by atoms with van der Waals surface area (Å²) >= 11 is 0. The van der Waals surface area contributed by atoms with Crippen molar-refractivity contribution in [3.8, 4) is 0 Å². The van der Waals surface area contributed by atoms with Crippen LogP contribution in [0, 0.1) is 0 Å². The Hall–Kier alpha value is -1.71. The molecule has 1 fully saturated rings. The van der Waals surface area contributed by atoms with Crippen molar-refractivity contribution in [3.63, 3.8) is 0 Å². The maximum absolute atomic E-state index is 9.27. The summed E-state index contributed by atoms with van der Waals surface area (Å²) in [5.41, 5.74) is 2.44. The minimum atomic E-state index is -0.243. The molecular weight excluding hydrogens is 262 g/mol. The van der Waals surface area contributed by atoms with E-state index in [1.54, 1.807) is 4.90 Å². The first-order chi connectivity index (χ1) is 9.53. The zero-order valence-electron chi connectivity index (χ0n) is 11.9. The van der Waals surface area contributed by atoms with E-state index in [9.17, 15) is 5.11 Å². The van der Waals surface area contributed by atoms with E-state index in [0.717, 1.165) is 0 Å². The summed E-state index contributed by atoms with van der Waals surface area (Å²) in [5, 5.41) is 9.27. The van der Waals surface area contributed by atoms with E-state index in [1.807, 2.05) is 25.9 Å². The van der Waals surface area contributed by atoms with Crippen molar-refractivity contribution in [3.05, 3.63) is 0 Å². The minimum Gasteiger partial charge on any atom is -0.394 e. The van der Waals surface area contributed by atoms with Crippen molar-refractivity contribution in [1.29, 1.82) is 0 Å². The first-order valence-electron chi connectivity index (χ1n) is 6.44. The van der Waals surface area contributed by atoms with Crippen LogP contribution in [0.4, 0.5) is 17.8 Å². The average Bonchev–Trinajstić information content (AvgIpc) is 2.45. The molecule has 1 aliphatic rings. The fourth-order valence-corrected chi connectivity index (χ4v) is 2.07. The van der Waals surface area contributed by atoms with Gasteiger partial charge in [0.2, 0.25) is 17.8 Å². The molecule has 0 spiro atoms. The number of anilines is 3. The fraction of sp³-hybridized carbons (Fsp3) is 0.727. The molecular formula is C11H21N7O2. The summed E-state index contributed by atoms with van der Waals surface area (Å²) < 4.78 is 5.61. The molecule has 2 heterocycles. The standard InChI is InChI=1S/C11H21N7O2/c1-7-4-18(5-8(6-19)20-7)11-14-9(16-12)13-10(15-11)17(2)3/h7-8,19H,4-6,12H2,1-3H3,(H,13,14,15,16). The Morgan fingerprint density at radius 1 is 1.40 bits per heavy atom. The molecule has 1 aliphatic heterocycles. The highest BCUT2D eigenvalue weighted by Gasteiger charge is 2.27. The van der Waals surface area contributed by atoms with Crippen molar-refractivity contribution in [2.45, 2.75) is 19.1 Å². The molecule has 0 bridgehead atoms. The lowest BCUT2D eigenvalue weighted by Gasteiger charge is -2.36. The number of rotatable bonds is 4. The predicted molar refractivity (Wildman–Crippen MR) is 75.6 cm³/mol. The van der Waals surface area contributed by atoms with Gasteiger partial charge >= 0.3 is 0 Å². The average molecular weight is 283 g/mol. The Balaban J connectivity index is 2.28. The molecule has 2 atom stereocenters. The fourth-order valence-electron chi connectivity index (χ4n) is 2.07. The van der Waals surface area contributed by atoms with Gasteiger partial charge in [-0.1, -0.05) is 0 Å². The van der Waals surface area contributed by atoms with E-state index in [2.05, 4.69) is 20.4 Å². The number of aromatic nitrogens is 3. The van der Waals surface area contributed by atoms with E-state index in [1.165, 1.54) is 0 Å². The summed E-state index contributed by atoms with van der Waals surface area (Å²) in [6.07, 6.45) is -0.248. The molecule has 1 aromatic heterocycles. The number of hydrogen-bond acceptors (Lipinski definition) is 9. The number of hydrogen-bond donors (Lipinski definition) is 3. The van der Waals surface area contributed by atoms with Crippen LogP contribution >= 0.6 is 0 Å². The van der Waals surface area contributed by atoms with Crippen LogP contribution in [0.3, 0.4) is 0 Å². The maximum Gasteiger partial charge on any atom is 0.243 e. The van der Waals surface area contributed by atoms with E-state index in [0.29, 0.717) is 30.9 Å². The number of nitrogens with two attached hydrogens (primary N) is 1. The van der Waals surface area contributed by atoms with Gasteiger partial charge in [-0.25, -0.2) is 5.84 Å². The Morgan fingerprint density at radius 2 is 2.15 bits per heavy atom. The first-order valence-corrected chi connectivity index (χ1v) is 6.44. The van der Waals surface area contributed by atoms with E-state index in [-0.39, 0.29) is 18.8 Å². The molecule has 20 heavy (non-hydrogen) atoms. The third-order valence-corrected chi connectivity index (χ3v) is 2.95. The third-order valence-electron chi connectivity index (χ3n) is 2.95. The summed E-state index contributed by atoms with van der Waals surface area (Å²) in [5.74, 6) is 6.73. The second-order valence-corrected chi connectivity index (χ2v) is 4.95. The largest absolute Gasteiger partial charge is 0.394 e. The van der Waals surface area contributed by atoms with Gasteiger partial charge in [-0.15, -0.1) is 0 Å². The van der Waals surface area contributed by atoms with Gasteiger partial charge in [0.1, 0.15) is 0 Å². The van der Waals surface area contributed by atoms with Crippen LogP contribution in [0.1, 0.15) is 6.92 Å². The van der Waals surface area contributed by atoms with Crippen LogP contribution in [-0.4, -0.2) is 66.1 Å². The van der Waals surface area contributed by atoms with Crippen molar-refractivity contribution < 1.29 is 9.84 Å². The lowest BCUT2D eigenvalue weighted by Crippen LogP contribution is -2.48. The SMILES string of the molecule is CC1CN(c2nc(NN)nc(N(C)C)n2)CC(CO)O1. The number of nitrogens with zero attached hydrogens (tertiary/aromatic N) is 5. The molecule has 4 N–H and O–H groups in total. The number of nitrogens with one attached hydrogen (secondary N) is 1. The highest BCUT2D eigenvalue weighted by atomic mass is 16.5. The minimum absolute atomic E-state index is 0.00485. The maximum atomic E-state index is 9.27. The molecule has 2 unspecified atom stereocenters. The van der Waals surface area contributed by atoms with Gasteiger partial charge in [-0.3, -0.25) is 5.43 Å². The summed E-state index contributed by atoms with van der Waals surface area (Å²) in [6.45, 7) is 3.10.